The summed E-state index contributed by atoms with van der Waals surface area (Å²) >= 11 is 5.87. The number of alkyl carbamates (subject to hydrolysis) is 1. The Kier molecular flexibility index (Phi) is 12.2. The number of aromatic nitrogens is 3. The Hall–Kier alpha value is -4.59. The third-order valence-corrected chi connectivity index (χ3v) is 10.3. The number of sulfonamides is 1. The Bertz CT molecular complexity index is 2000. The number of rotatable bonds is 12. The number of hydrogen-bond donors (Lipinski definition) is 4. The molecular formula is C38H45ClN6O6S. The van der Waals surface area contributed by atoms with Crippen molar-refractivity contribution in [2.45, 2.75) is 76.7 Å². The average Bonchev–Trinajstić information content (AvgIpc) is 3.53. The second-order valence-corrected chi connectivity index (χ2v) is 16.3. The number of nitrogens with two attached hydrogens (primary N) is 1. The number of benzene rings is 3. The molecule has 0 unspecified atom stereocenters. The maximum Gasteiger partial charge on any atom is 0.407 e. The van der Waals surface area contributed by atoms with Gasteiger partial charge in [-0.2, -0.15) is 10.1 Å². The molecule has 0 bridgehead atoms. The van der Waals surface area contributed by atoms with Crippen molar-refractivity contribution in [1.29, 1.82) is 0 Å². The Balaban J connectivity index is 1.26. The van der Waals surface area contributed by atoms with Crippen LogP contribution in [0, 0.1) is 24.7 Å². The van der Waals surface area contributed by atoms with Gasteiger partial charge in [-0.25, -0.2) is 23.4 Å². The SMILES string of the molecule is Cc1cc(S(N)(=O)=O)ccc1-c1ccc(C[C@H](CC(=O)C2CCC(CNC(=O)OC(C)(C)C)CC2)C(=O)Nc2ccc(-c3n[nH]c(Cl)n3)cc2)cc1. The van der Waals surface area contributed by atoms with Crippen molar-refractivity contribution >= 4 is 45.1 Å². The fourth-order valence-electron chi connectivity index (χ4n) is 6.46. The summed E-state index contributed by atoms with van der Waals surface area (Å²) in [5, 5.41) is 18.0. The van der Waals surface area contributed by atoms with Gasteiger partial charge in [-0.3, -0.25) is 9.59 Å². The lowest BCUT2D eigenvalue weighted by molar-refractivity contribution is -0.129. The largest absolute Gasteiger partial charge is 0.444 e. The first-order valence-electron chi connectivity index (χ1n) is 17.3. The molecule has 0 radical (unpaired) electrons. The van der Waals surface area contributed by atoms with Crippen LogP contribution in [0.1, 0.15) is 64.0 Å². The number of H-pyrrole nitrogens is 1. The number of amides is 2. The van der Waals surface area contributed by atoms with Gasteiger partial charge in [0.15, 0.2) is 5.82 Å². The summed E-state index contributed by atoms with van der Waals surface area (Å²) in [6.07, 6.45) is 2.96. The van der Waals surface area contributed by atoms with Crippen LogP contribution in [0.15, 0.2) is 71.6 Å². The van der Waals surface area contributed by atoms with E-state index in [-0.39, 0.29) is 40.1 Å². The number of hydrogen-bond acceptors (Lipinski definition) is 8. The van der Waals surface area contributed by atoms with Crippen molar-refractivity contribution in [3.05, 3.63) is 83.1 Å². The summed E-state index contributed by atoms with van der Waals surface area (Å²) in [7, 11) is -3.82. The highest BCUT2D eigenvalue weighted by atomic mass is 35.5. The number of carbonyl (C=O) groups is 3. The van der Waals surface area contributed by atoms with Crippen LogP contribution in [0.5, 0.6) is 0 Å². The molecule has 5 N–H and O–H groups in total. The average molecular weight is 749 g/mol. The summed E-state index contributed by atoms with van der Waals surface area (Å²) in [5.41, 5.74) is 4.09. The second-order valence-electron chi connectivity index (χ2n) is 14.4. The van der Waals surface area contributed by atoms with Crippen LogP contribution in [0.25, 0.3) is 22.5 Å². The van der Waals surface area contributed by atoms with Gasteiger partial charge < -0.3 is 15.4 Å². The third-order valence-electron chi connectivity index (χ3n) is 9.20. The minimum Gasteiger partial charge on any atom is -0.444 e. The number of carbonyl (C=O) groups excluding carboxylic acids is 3. The highest BCUT2D eigenvalue weighted by Gasteiger charge is 2.31. The molecule has 1 heterocycles. The zero-order chi connectivity index (χ0) is 37.6. The highest BCUT2D eigenvalue weighted by Crippen LogP contribution is 2.32. The first-order chi connectivity index (χ1) is 24.5. The fraction of sp³-hybridized carbons (Fsp3) is 0.395. The number of Topliss-reactive ketones (excluding diaryl/α,β-unsaturated/α-hetero) is 1. The number of aryl methyl sites for hydroxylation is 1. The monoisotopic (exact) mass is 748 g/mol. The molecule has 12 nitrogen and oxygen atoms in total. The van der Waals surface area contributed by atoms with E-state index in [1.807, 2.05) is 52.0 Å². The molecule has 276 valence electrons. The summed E-state index contributed by atoms with van der Waals surface area (Å²) in [6, 6.07) is 19.5. The molecule has 1 aromatic heterocycles. The number of ether oxygens (including phenoxy) is 1. The van der Waals surface area contributed by atoms with Crippen molar-refractivity contribution in [3.8, 4) is 22.5 Å². The molecule has 0 aliphatic heterocycles. The molecule has 1 saturated carbocycles. The quantitative estimate of drug-likeness (QED) is 0.121. The summed E-state index contributed by atoms with van der Waals surface area (Å²) in [6.45, 7) is 7.77. The molecule has 3 aromatic carbocycles. The molecular weight excluding hydrogens is 704 g/mol. The van der Waals surface area contributed by atoms with Crippen molar-refractivity contribution in [2.24, 2.45) is 22.9 Å². The van der Waals surface area contributed by atoms with E-state index in [1.165, 1.54) is 6.07 Å². The molecule has 1 aliphatic carbocycles. The Morgan fingerprint density at radius 3 is 2.21 bits per heavy atom. The zero-order valence-electron chi connectivity index (χ0n) is 29.7. The van der Waals surface area contributed by atoms with Gasteiger partial charge >= 0.3 is 6.09 Å². The maximum absolute atomic E-state index is 13.8. The molecule has 4 aromatic rings. The maximum atomic E-state index is 13.8. The van der Waals surface area contributed by atoms with Gasteiger partial charge in [0, 0.05) is 36.1 Å². The lowest BCUT2D eigenvalue weighted by atomic mass is 9.77. The second kappa shape index (κ2) is 16.4. The van der Waals surface area contributed by atoms with Crippen LogP contribution in [0.4, 0.5) is 10.5 Å². The van der Waals surface area contributed by atoms with E-state index in [1.54, 1.807) is 36.4 Å². The van der Waals surface area contributed by atoms with Gasteiger partial charge in [0.25, 0.3) is 0 Å². The third kappa shape index (κ3) is 10.7. The minimum absolute atomic E-state index is 0.0479. The van der Waals surface area contributed by atoms with Crippen LogP contribution < -0.4 is 15.8 Å². The van der Waals surface area contributed by atoms with Crippen molar-refractivity contribution in [3.63, 3.8) is 0 Å². The summed E-state index contributed by atoms with van der Waals surface area (Å²) in [4.78, 5) is 43.8. The number of ketones is 1. The number of nitrogens with one attached hydrogen (secondary N) is 3. The van der Waals surface area contributed by atoms with Gasteiger partial charge in [0.05, 0.1) is 4.90 Å². The Morgan fingerprint density at radius 1 is 0.981 bits per heavy atom. The number of primary sulfonamides is 1. The number of halogens is 1. The van der Waals surface area contributed by atoms with Gasteiger partial charge in [0.2, 0.25) is 21.2 Å². The van der Waals surface area contributed by atoms with Crippen molar-refractivity contribution in [2.75, 3.05) is 11.9 Å². The van der Waals surface area contributed by atoms with Gasteiger partial charge in [0.1, 0.15) is 11.4 Å². The lowest BCUT2D eigenvalue weighted by Crippen LogP contribution is -2.37. The van der Waals surface area contributed by atoms with Gasteiger partial charge in [-0.05, 0) is 136 Å². The van der Waals surface area contributed by atoms with Crippen molar-refractivity contribution in [1.82, 2.24) is 20.5 Å². The Morgan fingerprint density at radius 2 is 1.63 bits per heavy atom. The molecule has 1 atom stereocenters. The lowest BCUT2D eigenvalue weighted by Gasteiger charge is -2.29. The molecule has 14 heteroatoms. The molecule has 52 heavy (non-hydrogen) atoms. The highest BCUT2D eigenvalue weighted by molar-refractivity contribution is 7.89. The summed E-state index contributed by atoms with van der Waals surface area (Å²) in [5.74, 6) is -0.322. The number of nitrogens with zero attached hydrogens (tertiary/aromatic N) is 2. The topological polar surface area (TPSA) is 186 Å². The van der Waals surface area contributed by atoms with E-state index in [0.29, 0.717) is 37.3 Å². The van der Waals surface area contributed by atoms with Crippen LogP contribution in [0.3, 0.4) is 0 Å². The number of aromatic amines is 1. The fourth-order valence-corrected chi connectivity index (χ4v) is 7.18. The van der Waals surface area contributed by atoms with Crippen LogP contribution in [-0.2, 0) is 30.8 Å². The smallest absolute Gasteiger partial charge is 0.407 e. The minimum atomic E-state index is -3.82. The zero-order valence-corrected chi connectivity index (χ0v) is 31.3. The van der Waals surface area contributed by atoms with Crippen molar-refractivity contribution < 1.29 is 27.5 Å². The molecule has 0 spiro atoms. The van der Waals surface area contributed by atoms with Crippen LogP contribution >= 0.6 is 11.6 Å². The van der Waals surface area contributed by atoms with E-state index in [9.17, 15) is 22.8 Å². The molecule has 1 aliphatic rings. The predicted molar refractivity (Wildman–Crippen MR) is 200 cm³/mol. The van der Waals surface area contributed by atoms with E-state index >= 15 is 0 Å². The number of anilines is 1. The summed E-state index contributed by atoms with van der Waals surface area (Å²) < 4.78 is 28.9. The molecule has 1 fully saturated rings. The normalized spacial score (nSPS) is 16.9. The van der Waals surface area contributed by atoms with Gasteiger partial charge in [-0.15, -0.1) is 0 Å². The van der Waals surface area contributed by atoms with Crippen LogP contribution in [-0.4, -0.2) is 53.5 Å². The standard InChI is InChI=1S/C38H45ClN6O6S/c1-23-19-31(52(40,49)50)17-18-32(23)26-9-5-24(6-10-26)20-29(35(47)42-30-15-13-28(14-16-30)34-43-36(39)45-44-34)21-33(46)27-11-7-25(8-12-27)22-41-37(48)51-38(2,3)4/h5-6,9-10,13-19,25,27,29H,7-8,11-12,20-22H2,1-4H3,(H,41,48)(H,42,47)(H2,40,49,50)(H,43,44,45)/t25?,27?,29-/m1/s1. The predicted octanol–water partition coefficient (Wildman–Crippen LogP) is 6.84. The first-order valence-corrected chi connectivity index (χ1v) is 19.2. The molecule has 0 saturated heterocycles. The van der Waals surface area contributed by atoms with E-state index in [4.69, 9.17) is 21.5 Å². The van der Waals surface area contributed by atoms with Crippen LogP contribution in [0.2, 0.25) is 5.28 Å². The van der Waals surface area contributed by atoms with Gasteiger partial charge in [-0.1, -0.05) is 30.3 Å². The molecule has 2 amide bonds. The Labute approximate surface area is 309 Å². The van der Waals surface area contributed by atoms with E-state index in [2.05, 4.69) is 25.8 Å². The molecule has 5 rings (SSSR count). The first kappa shape index (κ1) is 38.6. The van der Waals surface area contributed by atoms with E-state index in [0.717, 1.165) is 40.7 Å². The van der Waals surface area contributed by atoms with E-state index < -0.39 is 27.6 Å².